The zero-order valence-corrected chi connectivity index (χ0v) is 31.4. The smallest absolute Gasteiger partial charge is 0.309 e. The van der Waals surface area contributed by atoms with Gasteiger partial charge in [-0.3, -0.25) is 14.4 Å². The average molecular weight is 667 g/mol. The first-order valence-electron chi connectivity index (χ1n) is 19.4. The number of allylic oxidation sites excluding steroid dienone is 1. The molecule has 6 aliphatic rings. The number of carbonyl (C=O) groups excluding carboxylic acids is 2. The minimum absolute atomic E-state index is 0.0767. The predicted molar refractivity (Wildman–Crippen MR) is 189 cm³/mol. The fourth-order valence-electron chi connectivity index (χ4n) is 13.8. The topological polar surface area (TPSA) is 105 Å². The van der Waals surface area contributed by atoms with Crippen molar-refractivity contribution in [2.75, 3.05) is 13.1 Å². The Labute approximate surface area is 290 Å². The van der Waals surface area contributed by atoms with E-state index in [2.05, 4.69) is 58.8 Å². The molecule has 3 N–H and O–H groups in total. The second-order valence-corrected chi connectivity index (χ2v) is 19.7. The quantitative estimate of drug-likeness (QED) is 0.180. The van der Waals surface area contributed by atoms with Gasteiger partial charge in [-0.25, -0.2) is 0 Å². The monoisotopic (exact) mass is 666 g/mol. The number of hydrogen-bond acceptors (Lipinski definition) is 5. The molecule has 1 aliphatic heterocycles. The molecule has 0 aromatic heterocycles. The third-order valence-corrected chi connectivity index (χ3v) is 16.6. The molecule has 1 amide bonds. The number of hydrogen-bond donors (Lipinski definition) is 3. The van der Waals surface area contributed by atoms with Gasteiger partial charge < -0.3 is 20.5 Å². The largest absolute Gasteiger partial charge is 0.481 e. The van der Waals surface area contributed by atoms with E-state index in [1.165, 1.54) is 37.7 Å². The van der Waals surface area contributed by atoms with Crippen molar-refractivity contribution in [2.24, 2.45) is 62.1 Å². The van der Waals surface area contributed by atoms with Gasteiger partial charge in [0.1, 0.15) is 6.10 Å². The molecule has 5 aliphatic carbocycles. The zero-order valence-electron chi connectivity index (χ0n) is 31.4. The van der Waals surface area contributed by atoms with Crippen LogP contribution in [0.3, 0.4) is 0 Å². The highest BCUT2D eigenvalue weighted by Gasteiger charge is 2.71. The highest BCUT2D eigenvalue weighted by molar-refractivity contribution is 5.81. The molecule has 6 fully saturated rings. The average Bonchev–Trinajstić information content (AvgIpc) is 3.63. The number of ether oxygens (including phenoxy) is 1. The highest BCUT2D eigenvalue weighted by Crippen LogP contribution is 2.78. The molecule has 1 heterocycles. The van der Waals surface area contributed by atoms with Crippen LogP contribution in [0.5, 0.6) is 0 Å². The second-order valence-electron chi connectivity index (χ2n) is 19.7. The number of aliphatic carboxylic acids is 1. The molecule has 0 aromatic rings. The standard InChI is InChI=1S/C41H66N2O5/c1-25(2)27-12-18-41(22-32(44)43-26-15-21-42-24-26)20-19-39(8)28(34(27)41)10-11-30-38(7)16-14-31(48-33(45)23-36(3,4)35(46)47)37(5,6)29(38)13-17-40(30,39)9/h26-31,34,42H,1,10-24H2,2-9H3,(H,43,44)(H,46,47)/t26-,27+,28-,29+,30-,31+,34-,38+,39-,40-,41-/m1/s1. The number of esters is 1. The lowest BCUT2D eigenvalue weighted by Crippen LogP contribution is -2.67. The fraction of sp³-hybridized carbons (Fsp3) is 0.878. The van der Waals surface area contributed by atoms with Crippen molar-refractivity contribution in [3.8, 4) is 0 Å². The molecule has 5 saturated carbocycles. The van der Waals surface area contributed by atoms with Crippen molar-refractivity contribution in [1.29, 1.82) is 0 Å². The maximum Gasteiger partial charge on any atom is 0.309 e. The van der Waals surface area contributed by atoms with Crippen LogP contribution in [0, 0.1) is 62.1 Å². The van der Waals surface area contributed by atoms with Crippen LogP contribution in [0.25, 0.3) is 0 Å². The first kappa shape index (κ1) is 35.9. The second kappa shape index (κ2) is 12.1. The molecule has 0 unspecified atom stereocenters. The predicted octanol–water partition coefficient (Wildman–Crippen LogP) is 7.92. The van der Waals surface area contributed by atoms with E-state index in [-0.39, 0.29) is 57.5 Å². The van der Waals surface area contributed by atoms with Crippen molar-refractivity contribution in [1.82, 2.24) is 10.6 Å². The third-order valence-electron chi connectivity index (χ3n) is 16.6. The summed E-state index contributed by atoms with van der Waals surface area (Å²) in [6.45, 7) is 24.3. The minimum atomic E-state index is -1.14. The number of carbonyl (C=O) groups is 3. The Bertz CT molecular complexity index is 1320. The normalized spacial score (nSPS) is 44.8. The number of amides is 1. The van der Waals surface area contributed by atoms with E-state index in [9.17, 15) is 19.5 Å². The Hall–Kier alpha value is -1.89. The summed E-state index contributed by atoms with van der Waals surface area (Å²) in [7, 11) is 0. The van der Waals surface area contributed by atoms with E-state index in [0.717, 1.165) is 51.6 Å². The molecule has 11 atom stereocenters. The van der Waals surface area contributed by atoms with Gasteiger partial charge in [-0.05, 0) is 149 Å². The van der Waals surface area contributed by atoms with Gasteiger partial charge in [-0.15, -0.1) is 0 Å². The Morgan fingerprint density at radius 1 is 0.896 bits per heavy atom. The summed E-state index contributed by atoms with van der Waals surface area (Å²) in [5.41, 5.74) is 0.637. The Morgan fingerprint density at radius 3 is 2.27 bits per heavy atom. The van der Waals surface area contributed by atoms with Crippen LogP contribution in [0.2, 0.25) is 0 Å². The Morgan fingerprint density at radius 2 is 1.62 bits per heavy atom. The van der Waals surface area contributed by atoms with Crippen molar-refractivity contribution in [3.05, 3.63) is 12.2 Å². The first-order chi connectivity index (χ1) is 22.3. The van der Waals surface area contributed by atoms with E-state index in [1.54, 1.807) is 13.8 Å². The highest BCUT2D eigenvalue weighted by atomic mass is 16.5. The molecule has 1 saturated heterocycles. The van der Waals surface area contributed by atoms with Crippen LogP contribution in [0.1, 0.15) is 139 Å². The van der Waals surface area contributed by atoms with E-state index in [0.29, 0.717) is 36.0 Å². The van der Waals surface area contributed by atoms with E-state index in [4.69, 9.17) is 4.74 Å². The molecular weight excluding hydrogens is 600 g/mol. The van der Waals surface area contributed by atoms with Crippen LogP contribution in [-0.4, -0.2) is 48.2 Å². The number of carboxylic acid groups (broad SMARTS) is 1. The van der Waals surface area contributed by atoms with E-state index < -0.39 is 11.4 Å². The van der Waals surface area contributed by atoms with E-state index >= 15 is 0 Å². The maximum absolute atomic E-state index is 13.6. The third kappa shape index (κ3) is 5.50. The van der Waals surface area contributed by atoms with Gasteiger partial charge in [0.05, 0.1) is 11.8 Å². The molecule has 0 bridgehead atoms. The molecule has 7 nitrogen and oxygen atoms in total. The lowest BCUT2D eigenvalue weighted by atomic mass is 9.32. The van der Waals surface area contributed by atoms with Gasteiger partial charge >= 0.3 is 11.9 Å². The van der Waals surface area contributed by atoms with Crippen LogP contribution < -0.4 is 10.6 Å². The lowest BCUT2D eigenvalue weighted by Gasteiger charge is -2.73. The number of nitrogens with one attached hydrogen (secondary N) is 2. The Kier molecular flexibility index (Phi) is 9.07. The van der Waals surface area contributed by atoms with Crippen LogP contribution in [-0.2, 0) is 19.1 Å². The molecule has 270 valence electrons. The van der Waals surface area contributed by atoms with Crippen molar-refractivity contribution >= 4 is 17.8 Å². The molecule has 0 radical (unpaired) electrons. The fourth-order valence-corrected chi connectivity index (χ4v) is 13.8. The number of fused-ring (bicyclic) bond motifs is 7. The number of carboxylic acids is 1. The molecule has 0 aromatic carbocycles. The van der Waals surface area contributed by atoms with Crippen molar-refractivity contribution in [3.63, 3.8) is 0 Å². The van der Waals surface area contributed by atoms with Crippen LogP contribution in [0.15, 0.2) is 12.2 Å². The molecule has 48 heavy (non-hydrogen) atoms. The summed E-state index contributed by atoms with van der Waals surface area (Å²) >= 11 is 0. The first-order valence-corrected chi connectivity index (χ1v) is 19.4. The Balaban J connectivity index is 1.24. The summed E-state index contributed by atoms with van der Waals surface area (Å²) in [5.74, 6) is 1.56. The molecule has 7 heteroatoms. The lowest BCUT2D eigenvalue weighted by molar-refractivity contribution is -0.250. The van der Waals surface area contributed by atoms with Gasteiger partial charge in [0.15, 0.2) is 0 Å². The van der Waals surface area contributed by atoms with Gasteiger partial charge in [0.2, 0.25) is 5.91 Å². The minimum Gasteiger partial charge on any atom is -0.481 e. The number of rotatable bonds is 8. The van der Waals surface area contributed by atoms with Crippen LogP contribution >= 0.6 is 0 Å². The van der Waals surface area contributed by atoms with E-state index in [1.807, 2.05) is 0 Å². The summed E-state index contributed by atoms with van der Waals surface area (Å²) in [6, 6.07) is 0.268. The van der Waals surface area contributed by atoms with Crippen molar-refractivity contribution in [2.45, 2.75) is 151 Å². The summed E-state index contributed by atoms with van der Waals surface area (Å²) in [4.78, 5) is 38.4. The molecule has 0 spiro atoms. The summed E-state index contributed by atoms with van der Waals surface area (Å²) in [6.07, 6.45) is 12.7. The molecule has 6 rings (SSSR count). The van der Waals surface area contributed by atoms with Gasteiger partial charge in [-0.1, -0.05) is 46.8 Å². The van der Waals surface area contributed by atoms with Gasteiger partial charge in [0.25, 0.3) is 0 Å². The summed E-state index contributed by atoms with van der Waals surface area (Å²) < 4.78 is 6.17. The molecular formula is C41H66N2O5. The zero-order chi connectivity index (χ0) is 35.1. The van der Waals surface area contributed by atoms with Crippen LogP contribution in [0.4, 0.5) is 0 Å². The SMILES string of the molecule is C=C(C)[C@@H]1CC[C@]2(CC(=O)N[C@@H]3CCNC3)CC[C@]3(C)[C@H](CC[C@@H]4[C@@]5(C)CC[C@H](OC(=O)CC(C)(C)C(=O)O)C(C)(C)[C@@H]5CC[C@]43C)[C@@H]12. The van der Waals surface area contributed by atoms with Crippen molar-refractivity contribution < 1.29 is 24.2 Å². The van der Waals surface area contributed by atoms with Gasteiger partial charge in [-0.2, -0.15) is 0 Å². The maximum atomic E-state index is 13.6. The van der Waals surface area contributed by atoms with Gasteiger partial charge in [0, 0.05) is 24.4 Å². The summed E-state index contributed by atoms with van der Waals surface area (Å²) in [5, 5.41) is 16.4.